The molecule has 0 atom stereocenters. The summed E-state index contributed by atoms with van der Waals surface area (Å²) in [7, 11) is 0. The van der Waals surface area contributed by atoms with Gasteiger partial charge < -0.3 is 5.73 Å². The summed E-state index contributed by atoms with van der Waals surface area (Å²) in [6.07, 6.45) is 0.764. The third-order valence-electron chi connectivity index (χ3n) is 2.38. The summed E-state index contributed by atoms with van der Waals surface area (Å²) in [5, 5.41) is 2.66. The van der Waals surface area contributed by atoms with Crippen molar-refractivity contribution in [3.05, 3.63) is 27.9 Å². The molecule has 2 rings (SSSR count). The molecule has 2 aromatic rings. The summed E-state index contributed by atoms with van der Waals surface area (Å²) in [4.78, 5) is 9.67. The minimum Gasteiger partial charge on any atom is -0.383 e. The summed E-state index contributed by atoms with van der Waals surface area (Å²) >= 11 is 7.67. The number of hydrogen-bond donors (Lipinski definition) is 1. The van der Waals surface area contributed by atoms with Crippen LogP contribution < -0.4 is 5.73 Å². The zero-order valence-corrected chi connectivity index (χ0v) is 10.7. The molecule has 0 aliphatic carbocycles. The molecule has 0 saturated carbocycles. The zero-order valence-electron chi connectivity index (χ0n) is 9.12. The van der Waals surface area contributed by atoms with Crippen LogP contribution in [0.15, 0.2) is 11.4 Å². The second-order valence-electron chi connectivity index (χ2n) is 3.45. The van der Waals surface area contributed by atoms with Gasteiger partial charge in [0.05, 0.1) is 15.6 Å². The van der Waals surface area contributed by atoms with Gasteiger partial charge in [0.15, 0.2) is 0 Å². The number of hydrogen-bond acceptors (Lipinski definition) is 4. The average molecular weight is 254 g/mol. The highest BCUT2D eigenvalue weighted by Gasteiger charge is 2.13. The summed E-state index contributed by atoms with van der Waals surface area (Å²) < 4.78 is 0. The van der Waals surface area contributed by atoms with Crippen molar-refractivity contribution in [3.63, 3.8) is 0 Å². The normalized spacial score (nSPS) is 10.7. The number of anilines is 1. The first kappa shape index (κ1) is 11.4. The fourth-order valence-electron chi connectivity index (χ4n) is 1.42. The van der Waals surface area contributed by atoms with Crippen molar-refractivity contribution in [1.29, 1.82) is 0 Å². The maximum atomic E-state index is 6.10. The van der Waals surface area contributed by atoms with E-state index in [1.54, 1.807) is 11.3 Å². The van der Waals surface area contributed by atoms with Crippen LogP contribution in [0.4, 0.5) is 5.82 Å². The van der Waals surface area contributed by atoms with Gasteiger partial charge in [-0.15, -0.1) is 11.3 Å². The monoisotopic (exact) mass is 253 g/mol. The second kappa shape index (κ2) is 4.39. The van der Waals surface area contributed by atoms with Crippen LogP contribution in [0, 0.1) is 6.92 Å². The Morgan fingerprint density at radius 3 is 2.75 bits per heavy atom. The molecule has 2 heterocycles. The lowest BCUT2D eigenvalue weighted by atomic mass is 10.2. The molecular weight excluding hydrogens is 242 g/mol. The van der Waals surface area contributed by atoms with Crippen LogP contribution in [-0.4, -0.2) is 9.97 Å². The minimum atomic E-state index is 0.534. The summed E-state index contributed by atoms with van der Waals surface area (Å²) in [6, 6.07) is 1.87. The van der Waals surface area contributed by atoms with Crippen molar-refractivity contribution in [3.8, 4) is 10.6 Å². The first-order chi connectivity index (χ1) is 7.63. The Kier molecular flexibility index (Phi) is 3.12. The fourth-order valence-corrected chi connectivity index (χ4v) is 2.62. The average Bonchev–Trinajstić information content (AvgIpc) is 2.68. The Bertz CT molecular complexity index is 522. The van der Waals surface area contributed by atoms with Crippen LogP contribution in [0.25, 0.3) is 10.6 Å². The van der Waals surface area contributed by atoms with E-state index in [4.69, 9.17) is 17.3 Å². The third-order valence-corrected chi connectivity index (χ3v) is 3.73. The number of thiophene rings is 1. The summed E-state index contributed by atoms with van der Waals surface area (Å²) in [5.41, 5.74) is 7.61. The molecular formula is C11H12ClN3S. The smallest absolute Gasteiger partial charge is 0.131 e. The number of nitrogen functional groups attached to an aromatic ring is 1. The number of aryl methyl sites for hydroxylation is 1. The zero-order chi connectivity index (χ0) is 11.7. The van der Waals surface area contributed by atoms with Crippen LogP contribution in [0.2, 0.25) is 5.02 Å². The van der Waals surface area contributed by atoms with Gasteiger partial charge >= 0.3 is 0 Å². The van der Waals surface area contributed by atoms with Crippen molar-refractivity contribution in [2.75, 3.05) is 5.73 Å². The van der Waals surface area contributed by atoms with Gasteiger partial charge in [0.1, 0.15) is 11.6 Å². The molecule has 0 aliphatic rings. The Morgan fingerprint density at radius 1 is 1.44 bits per heavy atom. The maximum absolute atomic E-state index is 6.10. The van der Waals surface area contributed by atoms with Gasteiger partial charge in [-0.25, -0.2) is 9.97 Å². The molecule has 0 unspecified atom stereocenters. The summed E-state index contributed by atoms with van der Waals surface area (Å²) in [5.74, 6) is 1.29. The predicted molar refractivity (Wildman–Crippen MR) is 68.9 cm³/mol. The Balaban J connectivity index is 2.64. The fraction of sp³-hybridized carbons (Fsp3) is 0.273. The van der Waals surface area contributed by atoms with Crippen LogP contribution >= 0.6 is 22.9 Å². The topological polar surface area (TPSA) is 51.8 Å². The molecule has 0 spiro atoms. The molecule has 0 fully saturated rings. The van der Waals surface area contributed by atoms with E-state index < -0.39 is 0 Å². The van der Waals surface area contributed by atoms with Crippen molar-refractivity contribution in [2.45, 2.75) is 20.3 Å². The molecule has 84 valence electrons. The van der Waals surface area contributed by atoms with Crippen molar-refractivity contribution in [2.24, 2.45) is 0 Å². The van der Waals surface area contributed by atoms with Crippen LogP contribution in [0.3, 0.4) is 0 Å². The quantitative estimate of drug-likeness (QED) is 0.893. The Hall–Kier alpha value is -1.13. The molecule has 0 bridgehead atoms. The molecule has 2 N–H and O–H groups in total. The van der Waals surface area contributed by atoms with Crippen LogP contribution in [0.5, 0.6) is 0 Å². The van der Waals surface area contributed by atoms with Gasteiger partial charge in [0, 0.05) is 12.0 Å². The first-order valence-electron chi connectivity index (χ1n) is 4.99. The van der Waals surface area contributed by atoms with E-state index in [1.807, 2.05) is 25.3 Å². The molecule has 0 saturated heterocycles. The lowest BCUT2D eigenvalue weighted by Crippen LogP contribution is -2.03. The van der Waals surface area contributed by atoms with Crippen LogP contribution in [-0.2, 0) is 6.42 Å². The molecule has 0 radical (unpaired) electrons. The van der Waals surface area contributed by atoms with E-state index in [9.17, 15) is 0 Å². The van der Waals surface area contributed by atoms with Gasteiger partial charge in [0.25, 0.3) is 0 Å². The van der Waals surface area contributed by atoms with E-state index in [-0.39, 0.29) is 0 Å². The van der Waals surface area contributed by atoms with Gasteiger partial charge in [-0.1, -0.05) is 18.5 Å². The van der Waals surface area contributed by atoms with E-state index in [0.29, 0.717) is 10.8 Å². The number of aromatic nitrogens is 2. The van der Waals surface area contributed by atoms with Gasteiger partial charge in [-0.3, -0.25) is 0 Å². The third kappa shape index (κ3) is 1.90. The number of halogens is 1. The van der Waals surface area contributed by atoms with Crippen molar-refractivity contribution < 1.29 is 0 Å². The van der Waals surface area contributed by atoms with Crippen LogP contribution in [0.1, 0.15) is 18.3 Å². The highest BCUT2D eigenvalue weighted by atomic mass is 35.5. The summed E-state index contributed by atoms with van der Waals surface area (Å²) in [6.45, 7) is 3.92. The van der Waals surface area contributed by atoms with E-state index >= 15 is 0 Å². The number of nitrogens with two attached hydrogens (primary N) is 1. The standard InChI is InChI=1S/C11H12ClN3S/c1-3-8-14-9(6(2)11(13)15-8)10-7(12)4-5-16-10/h4-5H,3H2,1-2H3,(H2,13,14,15). The second-order valence-corrected chi connectivity index (χ2v) is 4.77. The molecule has 2 aromatic heterocycles. The van der Waals surface area contributed by atoms with Crippen molar-refractivity contribution in [1.82, 2.24) is 9.97 Å². The number of nitrogens with zero attached hydrogens (tertiary/aromatic N) is 2. The molecule has 3 nitrogen and oxygen atoms in total. The van der Waals surface area contributed by atoms with Gasteiger partial charge in [-0.05, 0) is 18.4 Å². The predicted octanol–water partition coefficient (Wildman–Crippen LogP) is 3.31. The molecule has 16 heavy (non-hydrogen) atoms. The molecule has 5 heteroatoms. The number of rotatable bonds is 2. The molecule has 0 amide bonds. The Labute approximate surface area is 103 Å². The molecule has 0 aliphatic heterocycles. The highest BCUT2D eigenvalue weighted by Crippen LogP contribution is 2.34. The van der Waals surface area contributed by atoms with Gasteiger partial charge in [0.2, 0.25) is 0 Å². The Morgan fingerprint density at radius 2 is 2.19 bits per heavy atom. The maximum Gasteiger partial charge on any atom is 0.131 e. The molecule has 0 aromatic carbocycles. The van der Waals surface area contributed by atoms with Gasteiger partial charge in [-0.2, -0.15) is 0 Å². The van der Waals surface area contributed by atoms with E-state index in [2.05, 4.69) is 9.97 Å². The SMILES string of the molecule is CCc1nc(N)c(C)c(-c2sccc2Cl)n1. The first-order valence-corrected chi connectivity index (χ1v) is 6.25. The highest BCUT2D eigenvalue weighted by molar-refractivity contribution is 7.14. The van der Waals surface area contributed by atoms with E-state index in [1.165, 1.54) is 0 Å². The van der Waals surface area contributed by atoms with Crippen molar-refractivity contribution >= 4 is 28.8 Å². The lowest BCUT2D eigenvalue weighted by Gasteiger charge is -2.08. The van der Waals surface area contributed by atoms with E-state index in [0.717, 1.165) is 28.4 Å². The lowest BCUT2D eigenvalue weighted by molar-refractivity contribution is 0.941. The minimum absolute atomic E-state index is 0.534. The largest absolute Gasteiger partial charge is 0.383 e.